The molecule has 0 aromatic rings. The van der Waals surface area contributed by atoms with Crippen LogP contribution in [0.15, 0.2) is 0 Å². The predicted molar refractivity (Wildman–Crippen MR) is 38.2 cm³/mol. The van der Waals surface area contributed by atoms with Gasteiger partial charge in [-0.05, 0) is 6.42 Å². The van der Waals surface area contributed by atoms with E-state index in [4.69, 9.17) is 5.11 Å². The molecule has 70 valence electrons. The zero-order valence-corrected chi connectivity index (χ0v) is 6.76. The first kappa shape index (κ1) is 9.38. The lowest BCUT2D eigenvalue weighted by atomic mass is 10.1. The molecule has 0 radical (unpaired) electrons. The Bertz CT molecular complexity index is 188. The van der Waals surface area contributed by atoms with E-state index in [2.05, 4.69) is 0 Å². The SMILES string of the molecule is CC[C@@H](C(=O)O)N1CC(F)(F)C1. The van der Waals surface area contributed by atoms with Crippen molar-refractivity contribution in [1.29, 1.82) is 0 Å². The molecule has 1 N–H and O–H groups in total. The number of halogens is 2. The molecule has 0 spiro atoms. The first-order valence-electron chi connectivity index (χ1n) is 3.81. The molecule has 1 fully saturated rings. The summed E-state index contributed by atoms with van der Waals surface area (Å²) in [5.74, 6) is -3.70. The largest absolute Gasteiger partial charge is 0.480 e. The molecule has 12 heavy (non-hydrogen) atoms. The molecular weight excluding hydrogens is 168 g/mol. The molecule has 1 saturated heterocycles. The minimum absolute atomic E-state index is 0.366. The standard InChI is InChI=1S/C7H11F2NO2/c1-2-5(6(11)12)10-3-7(8,9)4-10/h5H,2-4H2,1H3,(H,11,12)/t5-/m0/s1. The van der Waals surface area contributed by atoms with Gasteiger partial charge in [-0.25, -0.2) is 8.78 Å². The summed E-state index contributed by atoms with van der Waals surface area (Å²) in [4.78, 5) is 11.8. The number of alkyl halides is 2. The van der Waals surface area contributed by atoms with Crippen LogP contribution in [0.25, 0.3) is 0 Å². The molecule has 0 bridgehead atoms. The van der Waals surface area contributed by atoms with Crippen LogP contribution < -0.4 is 0 Å². The van der Waals surface area contributed by atoms with Crippen molar-refractivity contribution in [2.24, 2.45) is 0 Å². The molecule has 0 unspecified atom stereocenters. The molecule has 0 aromatic heterocycles. The number of hydrogen-bond donors (Lipinski definition) is 1. The summed E-state index contributed by atoms with van der Waals surface area (Å²) < 4.78 is 24.6. The third-order valence-electron chi connectivity index (χ3n) is 1.98. The lowest BCUT2D eigenvalue weighted by Gasteiger charge is -2.41. The number of nitrogens with zero attached hydrogens (tertiary/aromatic N) is 1. The lowest BCUT2D eigenvalue weighted by molar-refractivity contribution is -0.168. The van der Waals surface area contributed by atoms with Crippen molar-refractivity contribution in [3.8, 4) is 0 Å². The van der Waals surface area contributed by atoms with Crippen molar-refractivity contribution in [3.05, 3.63) is 0 Å². The van der Waals surface area contributed by atoms with Gasteiger partial charge in [0.1, 0.15) is 6.04 Å². The van der Waals surface area contributed by atoms with E-state index in [1.165, 1.54) is 4.90 Å². The van der Waals surface area contributed by atoms with Crippen molar-refractivity contribution >= 4 is 5.97 Å². The number of aliphatic carboxylic acids is 1. The summed E-state index contributed by atoms with van der Waals surface area (Å²) in [6.45, 7) is 0.838. The van der Waals surface area contributed by atoms with Crippen LogP contribution in [0.3, 0.4) is 0 Å². The van der Waals surface area contributed by atoms with Crippen LogP contribution in [0.4, 0.5) is 8.78 Å². The van der Waals surface area contributed by atoms with Crippen LogP contribution in [-0.4, -0.2) is 41.0 Å². The Hall–Kier alpha value is -0.710. The highest BCUT2D eigenvalue weighted by atomic mass is 19.3. The van der Waals surface area contributed by atoms with Crippen LogP contribution >= 0.6 is 0 Å². The highest BCUT2D eigenvalue weighted by molar-refractivity contribution is 5.73. The fraction of sp³-hybridized carbons (Fsp3) is 0.857. The van der Waals surface area contributed by atoms with E-state index in [0.29, 0.717) is 6.42 Å². The van der Waals surface area contributed by atoms with Crippen LogP contribution in [-0.2, 0) is 4.79 Å². The molecule has 1 aliphatic rings. The van der Waals surface area contributed by atoms with Crippen molar-refractivity contribution in [2.45, 2.75) is 25.3 Å². The Morgan fingerprint density at radius 2 is 2.17 bits per heavy atom. The van der Waals surface area contributed by atoms with Crippen LogP contribution in [0, 0.1) is 0 Å². The summed E-state index contributed by atoms with van der Waals surface area (Å²) in [5.41, 5.74) is 0. The fourth-order valence-electron chi connectivity index (χ4n) is 1.36. The molecule has 1 atom stereocenters. The predicted octanol–water partition coefficient (Wildman–Crippen LogP) is 0.800. The van der Waals surface area contributed by atoms with Gasteiger partial charge in [-0.2, -0.15) is 0 Å². The second kappa shape index (κ2) is 2.97. The third-order valence-corrected chi connectivity index (χ3v) is 1.98. The molecule has 0 amide bonds. The van der Waals surface area contributed by atoms with Crippen molar-refractivity contribution < 1.29 is 18.7 Å². The Balaban J connectivity index is 2.45. The average molecular weight is 179 g/mol. The summed E-state index contributed by atoms with van der Waals surface area (Å²) in [6.07, 6.45) is 0.366. The van der Waals surface area contributed by atoms with Gasteiger partial charge in [-0.3, -0.25) is 9.69 Å². The highest BCUT2D eigenvalue weighted by Gasteiger charge is 2.47. The Morgan fingerprint density at radius 1 is 1.67 bits per heavy atom. The van der Waals surface area contributed by atoms with Crippen molar-refractivity contribution in [1.82, 2.24) is 4.90 Å². The van der Waals surface area contributed by atoms with Gasteiger partial charge < -0.3 is 5.11 Å². The fourth-order valence-corrected chi connectivity index (χ4v) is 1.36. The van der Waals surface area contributed by atoms with Gasteiger partial charge in [-0.15, -0.1) is 0 Å². The topological polar surface area (TPSA) is 40.5 Å². The maximum atomic E-state index is 12.3. The van der Waals surface area contributed by atoms with Gasteiger partial charge in [0, 0.05) is 0 Å². The van der Waals surface area contributed by atoms with E-state index >= 15 is 0 Å². The van der Waals surface area contributed by atoms with E-state index in [0.717, 1.165) is 0 Å². The maximum absolute atomic E-state index is 12.3. The zero-order chi connectivity index (χ0) is 9.35. The second-order valence-electron chi connectivity index (χ2n) is 3.02. The normalized spacial score (nSPS) is 24.6. The minimum Gasteiger partial charge on any atom is -0.480 e. The molecule has 0 saturated carbocycles. The first-order chi connectivity index (χ1) is 5.46. The first-order valence-corrected chi connectivity index (χ1v) is 3.81. The van der Waals surface area contributed by atoms with Crippen molar-refractivity contribution in [2.75, 3.05) is 13.1 Å². The lowest BCUT2D eigenvalue weighted by Crippen LogP contribution is -2.61. The Labute approximate surface area is 69.0 Å². The molecule has 3 nitrogen and oxygen atoms in total. The highest BCUT2D eigenvalue weighted by Crippen LogP contribution is 2.29. The summed E-state index contributed by atoms with van der Waals surface area (Å²) in [7, 11) is 0. The zero-order valence-electron chi connectivity index (χ0n) is 6.76. The monoisotopic (exact) mass is 179 g/mol. The van der Waals surface area contributed by atoms with E-state index in [-0.39, 0.29) is 0 Å². The number of rotatable bonds is 3. The second-order valence-corrected chi connectivity index (χ2v) is 3.02. The summed E-state index contributed by atoms with van der Waals surface area (Å²) >= 11 is 0. The van der Waals surface area contributed by atoms with Gasteiger partial charge in [-0.1, -0.05) is 6.92 Å². The number of carbonyl (C=O) groups is 1. The van der Waals surface area contributed by atoms with E-state index < -0.39 is 31.0 Å². The third kappa shape index (κ3) is 1.72. The Morgan fingerprint density at radius 3 is 2.42 bits per heavy atom. The number of carboxylic acid groups (broad SMARTS) is 1. The number of hydrogen-bond acceptors (Lipinski definition) is 2. The maximum Gasteiger partial charge on any atom is 0.320 e. The van der Waals surface area contributed by atoms with Gasteiger partial charge in [0.15, 0.2) is 0 Å². The summed E-state index contributed by atoms with van der Waals surface area (Å²) in [6, 6.07) is -0.746. The molecule has 1 rings (SSSR count). The summed E-state index contributed by atoms with van der Waals surface area (Å²) in [5, 5.41) is 8.59. The molecule has 0 aromatic carbocycles. The van der Waals surface area contributed by atoms with Gasteiger partial charge in [0.2, 0.25) is 0 Å². The smallest absolute Gasteiger partial charge is 0.320 e. The molecule has 0 aliphatic carbocycles. The molecule has 1 heterocycles. The van der Waals surface area contributed by atoms with Crippen LogP contribution in [0.5, 0.6) is 0 Å². The van der Waals surface area contributed by atoms with Gasteiger partial charge in [0.05, 0.1) is 13.1 Å². The average Bonchev–Trinajstić information content (AvgIpc) is 1.84. The minimum atomic E-state index is -2.68. The van der Waals surface area contributed by atoms with E-state index in [9.17, 15) is 13.6 Å². The van der Waals surface area contributed by atoms with Crippen LogP contribution in [0.2, 0.25) is 0 Å². The quantitative estimate of drug-likeness (QED) is 0.696. The van der Waals surface area contributed by atoms with Gasteiger partial charge >= 0.3 is 5.97 Å². The molecule has 1 aliphatic heterocycles. The molecule has 5 heteroatoms. The van der Waals surface area contributed by atoms with Crippen molar-refractivity contribution in [3.63, 3.8) is 0 Å². The van der Waals surface area contributed by atoms with Gasteiger partial charge in [0.25, 0.3) is 5.92 Å². The van der Waals surface area contributed by atoms with E-state index in [1.807, 2.05) is 0 Å². The number of carboxylic acids is 1. The molecular formula is C7H11F2NO2. The van der Waals surface area contributed by atoms with Crippen LogP contribution in [0.1, 0.15) is 13.3 Å². The Kier molecular flexibility index (Phi) is 2.32. The van der Waals surface area contributed by atoms with E-state index in [1.54, 1.807) is 6.92 Å². The number of likely N-dealkylation sites (tertiary alicyclic amines) is 1.